The third-order valence-corrected chi connectivity index (χ3v) is 6.77. The van der Waals surface area contributed by atoms with Crippen LogP contribution in [0.3, 0.4) is 0 Å². The van der Waals surface area contributed by atoms with Gasteiger partial charge in [0.2, 0.25) is 17.1 Å². The maximum Gasteiger partial charge on any atom is 0.573 e. The number of nitrogens with zero attached hydrogens (tertiary/aromatic N) is 4. The van der Waals surface area contributed by atoms with Crippen molar-refractivity contribution in [3.8, 4) is 28.6 Å². The van der Waals surface area contributed by atoms with Gasteiger partial charge in [0.1, 0.15) is 19.0 Å². The van der Waals surface area contributed by atoms with Gasteiger partial charge in [-0.2, -0.15) is 4.52 Å². The highest BCUT2D eigenvalue weighted by molar-refractivity contribution is 5.72. The summed E-state index contributed by atoms with van der Waals surface area (Å²) in [5, 5.41) is 16.7. The fraction of sp³-hybridized carbons (Fsp3) is 0.522. The molecule has 0 amide bonds. The molecule has 0 bridgehead atoms. The van der Waals surface area contributed by atoms with E-state index in [1.165, 1.54) is 22.7 Å². The Bertz CT molecular complexity index is 1270. The lowest BCUT2D eigenvalue weighted by atomic mass is 9.88. The molecule has 192 valence electrons. The molecule has 0 radical (unpaired) electrons. The van der Waals surface area contributed by atoms with E-state index in [4.69, 9.17) is 25.0 Å². The first-order valence-corrected chi connectivity index (χ1v) is 11.8. The maximum atomic E-state index is 12.8. The molecule has 36 heavy (non-hydrogen) atoms. The normalized spacial score (nSPS) is 23.2. The number of rotatable bonds is 4. The van der Waals surface area contributed by atoms with E-state index in [2.05, 4.69) is 20.3 Å². The second-order valence-corrected chi connectivity index (χ2v) is 9.67. The first-order valence-electron chi connectivity index (χ1n) is 11.8. The lowest BCUT2D eigenvalue weighted by Crippen LogP contribution is -2.50. The molecule has 0 unspecified atom stereocenters. The van der Waals surface area contributed by atoms with E-state index in [0.29, 0.717) is 55.0 Å². The largest absolute Gasteiger partial charge is 0.573 e. The summed E-state index contributed by atoms with van der Waals surface area (Å²) in [4.78, 5) is 0. The molecular weight excluding hydrogens is 481 g/mol. The third-order valence-electron chi connectivity index (χ3n) is 6.77. The van der Waals surface area contributed by atoms with Crippen LogP contribution in [0.1, 0.15) is 25.7 Å². The smallest absolute Gasteiger partial charge is 0.485 e. The van der Waals surface area contributed by atoms with Gasteiger partial charge < -0.3 is 30.0 Å². The highest BCUT2D eigenvalue weighted by atomic mass is 19.4. The van der Waals surface area contributed by atoms with Gasteiger partial charge in [-0.25, -0.2) is 0 Å². The number of alkyl halides is 3. The Morgan fingerprint density at radius 3 is 2.47 bits per heavy atom. The van der Waals surface area contributed by atoms with Crippen molar-refractivity contribution >= 4 is 11.5 Å². The van der Waals surface area contributed by atoms with Gasteiger partial charge >= 0.3 is 6.36 Å². The number of hydrogen-bond acceptors (Lipinski definition) is 9. The van der Waals surface area contributed by atoms with Crippen LogP contribution in [0.5, 0.6) is 17.2 Å². The SMILES string of the molecule is NC1CCC(Nc2nn3c(-c4cccc(OC(F)(F)F)c4)nnc3c3c2OCC2(COC2)CO3)CC1. The standard InChI is InChI=1S/C23H25F3N6O4/c24-23(25,26)36-16-3-1-2-13(8-16)20-29-30-21-18-17(34-11-22(12-35-18)9-33-10-22)19(31-32(20)21)28-15-6-4-14(27)5-7-15/h1-3,8,14-15H,4-7,9-12,27H2,(H,28,31). The van der Waals surface area contributed by atoms with Crippen molar-refractivity contribution in [2.24, 2.45) is 11.1 Å². The van der Waals surface area contributed by atoms with Crippen LogP contribution in [-0.2, 0) is 4.74 Å². The maximum absolute atomic E-state index is 12.8. The van der Waals surface area contributed by atoms with Gasteiger partial charge in [0.25, 0.3) is 0 Å². The van der Waals surface area contributed by atoms with E-state index >= 15 is 0 Å². The highest BCUT2D eigenvalue weighted by Crippen LogP contribution is 2.44. The Balaban J connectivity index is 1.41. The number of nitrogens with one attached hydrogen (secondary N) is 1. The van der Waals surface area contributed by atoms with Crippen molar-refractivity contribution < 1.29 is 32.1 Å². The first-order chi connectivity index (χ1) is 17.3. The number of nitrogens with two attached hydrogens (primary N) is 1. The summed E-state index contributed by atoms with van der Waals surface area (Å²) in [6.45, 7) is 1.82. The molecule has 10 nitrogen and oxygen atoms in total. The zero-order valence-electron chi connectivity index (χ0n) is 19.3. The Labute approximate surface area is 203 Å². The molecule has 3 aromatic rings. The zero-order valence-corrected chi connectivity index (χ0v) is 19.3. The summed E-state index contributed by atoms with van der Waals surface area (Å²) >= 11 is 0. The number of aromatic nitrogens is 4. The molecule has 1 saturated carbocycles. The van der Waals surface area contributed by atoms with Crippen LogP contribution in [0.25, 0.3) is 17.0 Å². The molecule has 1 saturated heterocycles. The number of benzene rings is 1. The molecule has 4 heterocycles. The van der Waals surface area contributed by atoms with Crippen LogP contribution in [0.15, 0.2) is 24.3 Å². The summed E-state index contributed by atoms with van der Waals surface area (Å²) in [6, 6.07) is 5.84. The van der Waals surface area contributed by atoms with Crippen molar-refractivity contribution in [1.29, 1.82) is 0 Å². The molecule has 13 heteroatoms. The quantitative estimate of drug-likeness (QED) is 0.550. The molecule has 0 atom stereocenters. The second kappa shape index (κ2) is 8.66. The number of hydrogen-bond donors (Lipinski definition) is 2. The molecule has 6 rings (SSSR count). The monoisotopic (exact) mass is 506 g/mol. The van der Waals surface area contributed by atoms with Crippen LogP contribution >= 0.6 is 0 Å². The van der Waals surface area contributed by atoms with Gasteiger partial charge in [0.05, 0.1) is 18.6 Å². The molecular formula is C23H25F3N6O4. The van der Waals surface area contributed by atoms with Crippen molar-refractivity contribution in [2.45, 2.75) is 44.1 Å². The van der Waals surface area contributed by atoms with Crippen LogP contribution in [0.4, 0.5) is 19.0 Å². The molecule has 2 aliphatic heterocycles. The minimum Gasteiger partial charge on any atom is -0.485 e. The molecule has 1 aliphatic carbocycles. The van der Waals surface area contributed by atoms with E-state index in [1.807, 2.05) is 0 Å². The van der Waals surface area contributed by atoms with Crippen molar-refractivity contribution in [2.75, 3.05) is 31.7 Å². The molecule has 2 aromatic heterocycles. The molecule has 1 spiro atoms. The van der Waals surface area contributed by atoms with Gasteiger partial charge in [-0.05, 0) is 37.8 Å². The van der Waals surface area contributed by atoms with Gasteiger partial charge in [-0.1, -0.05) is 12.1 Å². The zero-order chi connectivity index (χ0) is 24.9. The fourth-order valence-electron chi connectivity index (χ4n) is 4.75. The van der Waals surface area contributed by atoms with Crippen LogP contribution in [0, 0.1) is 5.41 Å². The topological polar surface area (TPSA) is 118 Å². The van der Waals surface area contributed by atoms with E-state index < -0.39 is 6.36 Å². The highest BCUT2D eigenvalue weighted by Gasteiger charge is 2.44. The van der Waals surface area contributed by atoms with Gasteiger partial charge in [0, 0.05) is 17.6 Å². The lowest BCUT2D eigenvalue weighted by molar-refractivity contribution is -0.274. The van der Waals surface area contributed by atoms with E-state index in [0.717, 1.165) is 25.7 Å². The van der Waals surface area contributed by atoms with Crippen molar-refractivity contribution in [1.82, 2.24) is 19.8 Å². The number of halogens is 3. The average Bonchev–Trinajstić information content (AvgIpc) is 3.11. The van der Waals surface area contributed by atoms with E-state index in [1.54, 1.807) is 6.07 Å². The third kappa shape index (κ3) is 4.37. The summed E-state index contributed by atoms with van der Waals surface area (Å²) in [6.07, 6.45) is -1.28. The minimum atomic E-state index is -4.81. The second-order valence-electron chi connectivity index (χ2n) is 9.67. The minimum absolute atomic E-state index is 0.134. The first kappa shape index (κ1) is 23.1. The number of anilines is 1. The van der Waals surface area contributed by atoms with E-state index in [9.17, 15) is 13.2 Å². The van der Waals surface area contributed by atoms with Gasteiger partial charge in [-0.3, -0.25) is 0 Å². The van der Waals surface area contributed by atoms with Crippen LogP contribution in [0.2, 0.25) is 0 Å². The number of fused-ring (bicyclic) bond motifs is 3. The summed E-state index contributed by atoms with van der Waals surface area (Å²) in [5.74, 6) is 1.15. The lowest BCUT2D eigenvalue weighted by Gasteiger charge is -2.38. The predicted octanol–water partition coefficient (Wildman–Crippen LogP) is 3.16. The summed E-state index contributed by atoms with van der Waals surface area (Å²) < 4.78 is 61.7. The van der Waals surface area contributed by atoms with Crippen LogP contribution < -0.4 is 25.3 Å². The average molecular weight is 506 g/mol. The summed E-state index contributed by atoms with van der Waals surface area (Å²) in [5.41, 5.74) is 6.47. The van der Waals surface area contributed by atoms with E-state index in [-0.39, 0.29) is 29.1 Å². The van der Waals surface area contributed by atoms with Gasteiger partial charge in [-0.15, -0.1) is 28.5 Å². The van der Waals surface area contributed by atoms with Crippen LogP contribution in [-0.4, -0.2) is 64.7 Å². The Morgan fingerprint density at radius 1 is 1.03 bits per heavy atom. The Morgan fingerprint density at radius 2 is 1.78 bits per heavy atom. The fourth-order valence-corrected chi connectivity index (χ4v) is 4.75. The predicted molar refractivity (Wildman–Crippen MR) is 121 cm³/mol. The molecule has 1 aromatic carbocycles. The molecule has 3 aliphatic rings. The van der Waals surface area contributed by atoms with Crippen molar-refractivity contribution in [3.63, 3.8) is 0 Å². The molecule has 3 N–H and O–H groups in total. The molecule has 2 fully saturated rings. The summed E-state index contributed by atoms with van der Waals surface area (Å²) in [7, 11) is 0. The Hall–Kier alpha value is -3.32. The Kier molecular flexibility index (Phi) is 5.56. The number of ether oxygens (including phenoxy) is 4. The van der Waals surface area contributed by atoms with Gasteiger partial charge in [0.15, 0.2) is 11.6 Å². The van der Waals surface area contributed by atoms with Crippen molar-refractivity contribution in [3.05, 3.63) is 24.3 Å².